The number of pyridine rings is 1. The smallest absolute Gasteiger partial charge is 0.163 e. The number of para-hydroxylation sites is 1. The van der Waals surface area contributed by atoms with Crippen molar-refractivity contribution in [2.75, 3.05) is 26.3 Å². The molecule has 6 heteroatoms. The number of rotatable bonds is 6. The molecule has 2 heterocycles. The van der Waals surface area contributed by atoms with Crippen LogP contribution in [0, 0.1) is 5.82 Å². The van der Waals surface area contributed by atoms with E-state index in [-0.39, 0.29) is 17.5 Å². The molecule has 1 unspecified atom stereocenters. The van der Waals surface area contributed by atoms with E-state index in [9.17, 15) is 9.18 Å². The van der Waals surface area contributed by atoms with Crippen molar-refractivity contribution >= 4 is 16.7 Å². The van der Waals surface area contributed by atoms with Crippen LogP contribution >= 0.6 is 0 Å². The van der Waals surface area contributed by atoms with Crippen LogP contribution in [0.15, 0.2) is 54.6 Å². The van der Waals surface area contributed by atoms with Crippen LogP contribution in [0.25, 0.3) is 10.9 Å². The van der Waals surface area contributed by atoms with Gasteiger partial charge in [-0.25, -0.2) is 4.39 Å². The Morgan fingerprint density at radius 3 is 2.97 bits per heavy atom. The minimum Gasteiger partial charge on any atom is -0.490 e. The zero-order chi connectivity index (χ0) is 20.2. The van der Waals surface area contributed by atoms with Crippen LogP contribution < -0.4 is 4.74 Å². The molecule has 150 valence electrons. The van der Waals surface area contributed by atoms with Crippen molar-refractivity contribution in [2.24, 2.45) is 0 Å². The maximum Gasteiger partial charge on any atom is 0.163 e. The van der Waals surface area contributed by atoms with E-state index in [1.165, 1.54) is 25.1 Å². The topological polar surface area (TPSA) is 51.7 Å². The number of carbonyl (C=O) groups excluding carboxylic acids is 1. The van der Waals surface area contributed by atoms with E-state index < -0.39 is 5.82 Å². The molecular weight excluding hydrogens is 371 g/mol. The van der Waals surface area contributed by atoms with Crippen LogP contribution in [0.2, 0.25) is 0 Å². The SMILES string of the molecule is CC(=O)c1cc(F)ccc1OCC1CN(Cc2ccc3ccccc3n2)CCO1. The number of hydrogen-bond acceptors (Lipinski definition) is 5. The van der Waals surface area contributed by atoms with Gasteiger partial charge in [-0.15, -0.1) is 0 Å². The molecule has 1 saturated heterocycles. The van der Waals surface area contributed by atoms with Gasteiger partial charge in [0.15, 0.2) is 5.78 Å². The minimum absolute atomic E-state index is 0.130. The normalized spacial score (nSPS) is 17.4. The van der Waals surface area contributed by atoms with Crippen molar-refractivity contribution in [2.45, 2.75) is 19.6 Å². The Morgan fingerprint density at radius 2 is 2.10 bits per heavy atom. The van der Waals surface area contributed by atoms with E-state index in [0.717, 1.165) is 29.7 Å². The number of morpholine rings is 1. The highest BCUT2D eigenvalue weighted by atomic mass is 19.1. The van der Waals surface area contributed by atoms with E-state index in [2.05, 4.69) is 23.1 Å². The number of halogens is 1. The van der Waals surface area contributed by atoms with Gasteiger partial charge >= 0.3 is 0 Å². The molecule has 5 nitrogen and oxygen atoms in total. The van der Waals surface area contributed by atoms with E-state index >= 15 is 0 Å². The van der Waals surface area contributed by atoms with Crippen LogP contribution in [-0.4, -0.2) is 48.1 Å². The summed E-state index contributed by atoms with van der Waals surface area (Å²) in [4.78, 5) is 18.7. The Morgan fingerprint density at radius 1 is 1.24 bits per heavy atom. The molecular formula is C23H23FN2O3. The molecule has 1 atom stereocenters. The van der Waals surface area contributed by atoms with Gasteiger partial charge in [0.25, 0.3) is 0 Å². The number of nitrogens with zero attached hydrogens (tertiary/aromatic N) is 2. The summed E-state index contributed by atoms with van der Waals surface area (Å²) < 4.78 is 25.0. The molecule has 0 saturated carbocycles. The molecule has 1 aliphatic rings. The van der Waals surface area contributed by atoms with Crippen LogP contribution in [0.5, 0.6) is 5.75 Å². The molecule has 1 aromatic heterocycles. The highest BCUT2D eigenvalue weighted by molar-refractivity contribution is 5.96. The van der Waals surface area contributed by atoms with Crippen molar-refractivity contribution in [3.05, 3.63) is 71.7 Å². The van der Waals surface area contributed by atoms with E-state index in [0.29, 0.717) is 25.5 Å². The summed E-state index contributed by atoms with van der Waals surface area (Å²) in [5, 5.41) is 1.13. The number of benzene rings is 2. The summed E-state index contributed by atoms with van der Waals surface area (Å²) in [6.45, 7) is 4.56. The Balaban J connectivity index is 1.38. The number of fused-ring (bicyclic) bond motifs is 1. The number of Topliss-reactive ketones (excluding diaryl/α,β-unsaturated/α-hetero) is 1. The maximum atomic E-state index is 13.4. The van der Waals surface area contributed by atoms with Crippen molar-refractivity contribution in [1.82, 2.24) is 9.88 Å². The molecule has 0 bridgehead atoms. The molecule has 29 heavy (non-hydrogen) atoms. The number of aromatic nitrogens is 1. The lowest BCUT2D eigenvalue weighted by molar-refractivity contribution is -0.0507. The zero-order valence-corrected chi connectivity index (χ0v) is 16.3. The van der Waals surface area contributed by atoms with E-state index in [4.69, 9.17) is 14.5 Å². The van der Waals surface area contributed by atoms with Crippen LogP contribution in [-0.2, 0) is 11.3 Å². The highest BCUT2D eigenvalue weighted by Crippen LogP contribution is 2.21. The second-order valence-electron chi connectivity index (χ2n) is 7.23. The number of ketones is 1. The first-order chi connectivity index (χ1) is 14.1. The molecule has 0 aliphatic carbocycles. The Bertz CT molecular complexity index is 1020. The molecule has 0 spiro atoms. The highest BCUT2D eigenvalue weighted by Gasteiger charge is 2.22. The fraction of sp³-hybridized carbons (Fsp3) is 0.304. The van der Waals surface area contributed by atoms with Crippen molar-refractivity contribution < 1.29 is 18.7 Å². The first-order valence-corrected chi connectivity index (χ1v) is 9.70. The van der Waals surface area contributed by atoms with E-state index in [1.807, 2.05) is 18.2 Å². The molecule has 1 fully saturated rings. The Labute approximate surface area is 169 Å². The van der Waals surface area contributed by atoms with Gasteiger partial charge in [0, 0.05) is 25.0 Å². The van der Waals surface area contributed by atoms with Crippen molar-refractivity contribution in [3.63, 3.8) is 0 Å². The minimum atomic E-state index is -0.453. The molecule has 3 aromatic rings. The summed E-state index contributed by atoms with van der Waals surface area (Å²) in [6.07, 6.45) is -0.130. The van der Waals surface area contributed by atoms with Crippen molar-refractivity contribution in [3.8, 4) is 5.75 Å². The predicted octanol–water partition coefficient (Wildman–Crippen LogP) is 3.86. The molecule has 4 rings (SSSR count). The van der Waals surface area contributed by atoms with Gasteiger partial charge in [0.05, 0.1) is 23.4 Å². The third kappa shape index (κ3) is 4.78. The van der Waals surface area contributed by atoms with Crippen molar-refractivity contribution in [1.29, 1.82) is 0 Å². The van der Waals surface area contributed by atoms with Gasteiger partial charge < -0.3 is 9.47 Å². The largest absolute Gasteiger partial charge is 0.490 e. The third-order valence-electron chi connectivity index (χ3n) is 5.01. The Hall–Kier alpha value is -2.83. The standard InChI is InChI=1S/C23H23FN2O3/c1-16(27)21-12-18(24)7-9-23(21)29-15-20-14-26(10-11-28-20)13-19-8-6-17-4-2-3-5-22(17)25-19/h2-9,12,20H,10-11,13-15H2,1H3. The summed E-state index contributed by atoms with van der Waals surface area (Å²) in [5.74, 6) is -0.297. The molecule has 0 N–H and O–H groups in total. The molecule has 2 aromatic carbocycles. The fourth-order valence-electron chi connectivity index (χ4n) is 3.54. The number of ether oxygens (including phenoxy) is 2. The van der Waals surface area contributed by atoms with Gasteiger partial charge in [-0.3, -0.25) is 14.7 Å². The summed E-state index contributed by atoms with van der Waals surface area (Å²) >= 11 is 0. The van der Waals surface area contributed by atoms with Crippen LogP contribution in [0.1, 0.15) is 23.0 Å². The average molecular weight is 394 g/mol. The predicted molar refractivity (Wildman–Crippen MR) is 109 cm³/mol. The fourth-order valence-corrected chi connectivity index (χ4v) is 3.54. The lowest BCUT2D eigenvalue weighted by Gasteiger charge is -2.32. The monoisotopic (exact) mass is 394 g/mol. The maximum absolute atomic E-state index is 13.4. The van der Waals surface area contributed by atoms with Gasteiger partial charge in [0.2, 0.25) is 0 Å². The van der Waals surface area contributed by atoms with Crippen LogP contribution in [0.4, 0.5) is 4.39 Å². The molecule has 0 amide bonds. The lowest BCUT2D eigenvalue weighted by atomic mass is 10.1. The second kappa shape index (κ2) is 8.68. The number of hydrogen-bond donors (Lipinski definition) is 0. The summed E-state index contributed by atoms with van der Waals surface area (Å²) in [5.41, 5.74) is 2.26. The van der Waals surface area contributed by atoms with Gasteiger partial charge in [0.1, 0.15) is 24.3 Å². The van der Waals surface area contributed by atoms with Gasteiger partial charge in [-0.2, -0.15) is 0 Å². The Kier molecular flexibility index (Phi) is 5.83. The first-order valence-electron chi connectivity index (χ1n) is 9.70. The first kappa shape index (κ1) is 19.5. The second-order valence-corrected chi connectivity index (χ2v) is 7.23. The average Bonchev–Trinajstić information content (AvgIpc) is 2.73. The summed E-state index contributed by atoms with van der Waals surface area (Å²) in [7, 11) is 0. The quantitative estimate of drug-likeness (QED) is 0.595. The number of carbonyl (C=O) groups is 1. The summed E-state index contributed by atoms with van der Waals surface area (Å²) in [6, 6.07) is 16.2. The van der Waals surface area contributed by atoms with E-state index in [1.54, 1.807) is 0 Å². The molecule has 1 aliphatic heterocycles. The third-order valence-corrected chi connectivity index (χ3v) is 5.01. The lowest BCUT2D eigenvalue weighted by Crippen LogP contribution is -2.44. The van der Waals surface area contributed by atoms with Crippen LogP contribution in [0.3, 0.4) is 0 Å². The zero-order valence-electron chi connectivity index (χ0n) is 16.3. The molecule has 0 radical (unpaired) electrons. The van der Waals surface area contributed by atoms with Gasteiger partial charge in [-0.1, -0.05) is 24.3 Å². The van der Waals surface area contributed by atoms with Gasteiger partial charge in [-0.05, 0) is 37.3 Å².